The van der Waals surface area contributed by atoms with E-state index in [1.807, 2.05) is 31.2 Å². The van der Waals surface area contributed by atoms with Crippen LogP contribution < -0.4 is 10.1 Å². The first-order valence-electron chi connectivity index (χ1n) is 10.6. The fourth-order valence-electron chi connectivity index (χ4n) is 3.47. The van der Waals surface area contributed by atoms with E-state index in [0.717, 1.165) is 48.1 Å². The Morgan fingerprint density at radius 3 is 2.63 bits per heavy atom. The lowest BCUT2D eigenvalue weighted by molar-refractivity contribution is -0.119. The number of aromatic nitrogens is 3. The minimum absolute atomic E-state index is 0.0374. The SMILES string of the molecule is CCCCn1c(SCC(=O)NC(C)c2ccccc2OC)nnc1C(CC)N(C)C. The highest BCUT2D eigenvalue weighted by Crippen LogP contribution is 2.27. The Morgan fingerprint density at radius 2 is 2.00 bits per heavy atom. The van der Waals surface area contributed by atoms with Gasteiger partial charge in [0.15, 0.2) is 11.0 Å². The zero-order valence-electron chi connectivity index (χ0n) is 19.0. The van der Waals surface area contributed by atoms with E-state index in [1.165, 1.54) is 11.8 Å². The lowest BCUT2D eigenvalue weighted by Crippen LogP contribution is -2.28. The number of ether oxygens (including phenoxy) is 1. The number of para-hydroxylation sites is 1. The third kappa shape index (κ3) is 6.22. The molecule has 7 nitrogen and oxygen atoms in total. The maximum Gasteiger partial charge on any atom is 0.230 e. The summed E-state index contributed by atoms with van der Waals surface area (Å²) in [4.78, 5) is 14.8. The Balaban J connectivity index is 2.07. The van der Waals surface area contributed by atoms with Gasteiger partial charge in [0, 0.05) is 12.1 Å². The molecule has 30 heavy (non-hydrogen) atoms. The number of nitrogens with zero attached hydrogens (tertiary/aromatic N) is 4. The molecule has 0 aliphatic heterocycles. The van der Waals surface area contributed by atoms with E-state index in [1.54, 1.807) is 7.11 Å². The van der Waals surface area contributed by atoms with Gasteiger partial charge in [-0.2, -0.15) is 0 Å². The molecule has 0 fully saturated rings. The highest BCUT2D eigenvalue weighted by molar-refractivity contribution is 7.99. The number of rotatable bonds is 12. The summed E-state index contributed by atoms with van der Waals surface area (Å²) in [6.45, 7) is 7.16. The normalized spacial score (nSPS) is 13.3. The smallest absolute Gasteiger partial charge is 0.230 e. The van der Waals surface area contributed by atoms with Gasteiger partial charge in [0.05, 0.1) is 24.9 Å². The van der Waals surface area contributed by atoms with Gasteiger partial charge in [-0.3, -0.25) is 9.69 Å². The van der Waals surface area contributed by atoms with E-state index in [0.29, 0.717) is 5.75 Å². The van der Waals surface area contributed by atoms with Crippen LogP contribution in [0.25, 0.3) is 0 Å². The Labute approximate surface area is 184 Å². The van der Waals surface area contributed by atoms with E-state index in [4.69, 9.17) is 4.74 Å². The number of carbonyl (C=O) groups is 1. The summed E-state index contributed by atoms with van der Waals surface area (Å²) < 4.78 is 7.58. The molecular formula is C22H35N5O2S. The van der Waals surface area contributed by atoms with Crippen LogP contribution in [-0.2, 0) is 11.3 Å². The Kier molecular flexibility index (Phi) is 9.65. The van der Waals surface area contributed by atoms with E-state index < -0.39 is 0 Å². The number of hydrogen-bond acceptors (Lipinski definition) is 6. The maximum absolute atomic E-state index is 12.6. The van der Waals surface area contributed by atoms with Gasteiger partial charge in [-0.1, -0.05) is 50.2 Å². The minimum atomic E-state index is -0.138. The molecule has 1 heterocycles. The Hall–Kier alpha value is -2.06. The summed E-state index contributed by atoms with van der Waals surface area (Å²) in [6.07, 6.45) is 3.11. The molecule has 2 aromatic rings. The quantitative estimate of drug-likeness (QED) is 0.509. The van der Waals surface area contributed by atoms with Crippen LogP contribution in [0.4, 0.5) is 0 Å². The van der Waals surface area contributed by atoms with Crippen molar-refractivity contribution in [2.24, 2.45) is 0 Å². The molecule has 2 rings (SSSR count). The van der Waals surface area contributed by atoms with Crippen molar-refractivity contribution >= 4 is 17.7 Å². The van der Waals surface area contributed by atoms with E-state index in [-0.39, 0.29) is 18.0 Å². The van der Waals surface area contributed by atoms with Crippen LogP contribution in [0.2, 0.25) is 0 Å². The molecule has 0 bridgehead atoms. The third-order valence-electron chi connectivity index (χ3n) is 5.10. The maximum atomic E-state index is 12.6. The van der Waals surface area contributed by atoms with Gasteiger partial charge in [0.1, 0.15) is 5.75 Å². The second-order valence-corrected chi connectivity index (χ2v) is 8.50. The predicted octanol–water partition coefficient (Wildman–Crippen LogP) is 4.07. The standard InChI is InChI=1S/C22H35N5O2S/c1-7-9-14-27-21(18(8-2)26(4)5)24-25-22(27)30-15-20(28)23-16(3)17-12-10-11-13-19(17)29-6/h10-13,16,18H,7-9,14-15H2,1-6H3,(H,23,28). The first-order chi connectivity index (χ1) is 14.4. The molecule has 1 N–H and O–H groups in total. The summed E-state index contributed by atoms with van der Waals surface area (Å²) in [6, 6.07) is 7.81. The Morgan fingerprint density at radius 1 is 1.27 bits per heavy atom. The monoisotopic (exact) mass is 433 g/mol. The van der Waals surface area contributed by atoms with Crippen molar-refractivity contribution in [3.8, 4) is 5.75 Å². The molecule has 1 aromatic carbocycles. The van der Waals surface area contributed by atoms with Crippen LogP contribution >= 0.6 is 11.8 Å². The van der Waals surface area contributed by atoms with Crippen LogP contribution in [0.15, 0.2) is 29.4 Å². The molecule has 0 aliphatic carbocycles. The van der Waals surface area contributed by atoms with E-state index in [2.05, 4.69) is 52.9 Å². The number of thioether (sulfide) groups is 1. The first-order valence-corrected chi connectivity index (χ1v) is 11.6. The minimum Gasteiger partial charge on any atom is -0.496 e. The molecule has 0 spiro atoms. The summed E-state index contributed by atoms with van der Waals surface area (Å²) >= 11 is 1.44. The summed E-state index contributed by atoms with van der Waals surface area (Å²) in [5, 5.41) is 12.7. The van der Waals surface area contributed by atoms with Gasteiger partial charge in [-0.05, 0) is 39.9 Å². The zero-order chi connectivity index (χ0) is 22.1. The number of benzene rings is 1. The van der Waals surface area contributed by atoms with Crippen LogP contribution in [-0.4, -0.2) is 52.5 Å². The Bertz CT molecular complexity index is 809. The van der Waals surface area contributed by atoms with Gasteiger partial charge < -0.3 is 14.6 Å². The van der Waals surface area contributed by atoms with Crippen LogP contribution in [0.1, 0.15) is 63.5 Å². The van der Waals surface area contributed by atoms with Crippen molar-refractivity contribution < 1.29 is 9.53 Å². The second kappa shape index (κ2) is 12.0. The highest BCUT2D eigenvalue weighted by atomic mass is 32.2. The van der Waals surface area contributed by atoms with Crippen molar-refractivity contribution in [2.75, 3.05) is 27.0 Å². The molecule has 0 radical (unpaired) electrons. The average Bonchev–Trinajstić information content (AvgIpc) is 3.13. The third-order valence-corrected chi connectivity index (χ3v) is 6.07. The van der Waals surface area contributed by atoms with Crippen LogP contribution in [0, 0.1) is 0 Å². The molecule has 0 saturated carbocycles. The molecule has 1 aromatic heterocycles. The molecule has 0 aliphatic rings. The zero-order valence-corrected chi connectivity index (χ0v) is 19.8. The van der Waals surface area contributed by atoms with E-state index in [9.17, 15) is 4.79 Å². The van der Waals surface area contributed by atoms with Crippen molar-refractivity contribution in [1.29, 1.82) is 0 Å². The molecular weight excluding hydrogens is 398 g/mol. The summed E-state index contributed by atoms with van der Waals surface area (Å²) in [7, 11) is 5.76. The van der Waals surface area contributed by atoms with Crippen LogP contribution in [0.3, 0.4) is 0 Å². The fourth-order valence-corrected chi connectivity index (χ4v) is 4.26. The molecule has 1 amide bonds. The molecule has 2 atom stereocenters. The van der Waals surface area contributed by atoms with Crippen molar-refractivity contribution in [2.45, 2.75) is 63.8 Å². The van der Waals surface area contributed by atoms with Crippen LogP contribution in [0.5, 0.6) is 5.75 Å². The average molecular weight is 434 g/mol. The van der Waals surface area contributed by atoms with Crippen molar-refractivity contribution in [1.82, 2.24) is 25.0 Å². The van der Waals surface area contributed by atoms with Crippen molar-refractivity contribution in [3.05, 3.63) is 35.7 Å². The summed E-state index contributed by atoms with van der Waals surface area (Å²) in [5.41, 5.74) is 0.962. The lowest BCUT2D eigenvalue weighted by Gasteiger charge is -2.23. The highest BCUT2D eigenvalue weighted by Gasteiger charge is 2.22. The largest absolute Gasteiger partial charge is 0.496 e. The van der Waals surface area contributed by atoms with Gasteiger partial charge in [-0.15, -0.1) is 10.2 Å². The fraction of sp³-hybridized carbons (Fsp3) is 0.591. The molecule has 8 heteroatoms. The topological polar surface area (TPSA) is 72.3 Å². The van der Waals surface area contributed by atoms with Crippen molar-refractivity contribution in [3.63, 3.8) is 0 Å². The van der Waals surface area contributed by atoms with Gasteiger partial charge >= 0.3 is 0 Å². The van der Waals surface area contributed by atoms with Gasteiger partial charge in [-0.25, -0.2) is 0 Å². The summed E-state index contributed by atoms with van der Waals surface area (Å²) in [5.74, 6) is 2.00. The molecule has 166 valence electrons. The lowest BCUT2D eigenvalue weighted by atomic mass is 10.1. The number of unbranched alkanes of at least 4 members (excludes halogenated alkanes) is 1. The van der Waals surface area contributed by atoms with Gasteiger partial charge in [0.2, 0.25) is 5.91 Å². The van der Waals surface area contributed by atoms with Gasteiger partial charge in [0.25, 0.3) is 0 Å². The number of hydrogen-bond donors (Lipinski definition) is 1. The molecule has 2 unspecified atom stereocenters. The predicted molar refractivity (Wildman–Crippen MR) is 122 cm³/mol. The number of nitrogens with one attached hydrogen (secondary N) is 1. The number of carbonyl (C=O) groups excluding carboxylic acids is 1. The van der Waals surface area contributed by atoms with E-state index >= 15 is 0 Å². The number of amides is 1. The first kappa shape index (κ1) is 24.2. The number of methoxy groups -OCH3 is 1. The second-order valence-electron chi connectivity index (χ2n) is 7.55. The molecule has 0 saturated heterocycles.